The summed E-state index contributed by atoms with van der Waals surface area (Å²) in [6.07, 6.45) is 3.68. The Kier molecular flexibility index (Phi) is 3.72. The largest absolute Gasteiger partial charge is 0.388 e. The lowest BCUT2D eigenvalue weighted by Crippen LogP contribution is -2.03. The van der Waals surface area contributed by atoms with Crippen molar-refractivity contribution in [2.75, 3.05) is 0 Å². The maximum Gasteiger partial charge on any atom is 0.0851 e. The zero-order valence-corrected chi connectivity index (χ0v) is 12.4. The van der Waals surface area contributed by atoms with Crippen LogP contribution in [-0.4, -0.2) is 10.1 Å². The molecule has 0 saturated heterocycles. The average Bonchev–Trinajstić information content (AvgIpc) is 2.50. The number of aryl methyl sites for hydroxylation is 2. The van der Waals surface area contributed by atoms with Gasteiger partial charge in [-0.3, -0.25) is 4.98 Å². The van der Waals surface area contributed by atoms with Crippen molar-refractivity contribution in [3.8, 4) is 0 Å². The molecule has 0 amide bonds. The van der Waals surface area contributed by atoms with E-state index in [0.717, 1.165) is 21.9 Å². The number of aromatic nitrogens is 1. The van der Waals surface area contributed by atoms with Crippen LogP contribution in [0.5, 0.6) is 0 Å². The fraction of sp³-hybridized carbons (Fsp3) is 0.211. The summed E-state index contributed by atoms with van der Waals surface area (Å²) < 4.78 is 0. The summed E-state index contributed by atoms with van der Waals surface area (Å²) in [5, 5.41) is 12.7. The lowest BCUT2D eigenvalue weighted by molar-refractivity contribution is 0.179. The molecule has 3 rings (SSSR count). The molecule has 1 unspecified atom stereocenters. The summed E-state index contributed by atoms with van der Waals surface area (Å²) >= 11 is 0. The van der Waals surface area contributed by atoms with Gasteiger partial charge in [-0.25, -0.2) is 0 Å². The molecule has 2 nitrogen and oxygen atoms in total. The highest BCUT2D eigenvalue weighted by molar-refractivity contribution is 5.84. The van der Waals surface area contributed by atoms with Gasteiger partial charge in [-0.1, -0.05) is 42.5 Å². The zero-order chi connectivity index (χ0) is 14.8. The molecule has 1 N–H and O–H groups in total. The first-order chi connectivity index (χ1) is 10.1. The molecule has 106 valence electrons. The van der Waals surface area contributed by atoms with E-state index in [9.17, 15) is 5.11 Å². The van der Waals surface area contributed by atoms with Crippen molar-refractivity contribution in [1.82, 2.24) is 4.98 Å². The van der Waals surface area contributed by atoms with E-state index in [1.54, 1.807) is 6.20 Å². The second kappa shape index (κ2) is 5.66. The van der Waals surface area contributed by atoms with Crippen LogP contribution in [0.2, 0.25) is 0 Å². The van der Waals surface area contributed by atoms with Crippen molar-refractivity contribution in [1.29, 1.82) is 0 Å². The van der Waals surface area contributed by atoms with E-state index in [2.05, 4.69) is 37.0 Å². The van der Waals surface area contributed by atoms with Gasteiger partial charge in [0.25, 0.3) is 0 Å². The molecule has 0 bridgehead atoms. The molecule has 0 aliphatic carbocycles. The predicted octanol–water partition coefficient (Wildman–Crippen LogP) is 4.13. The maximum absolute atomic E-state index is 10.6. The van der Waals surface area contributed by atoms with Crippen LogP contribution in [0.25, 0.3) is 10.8 Å². The molecule has 0 aliphatic rings. The fourth-order valence-corrected chi connectivity index (χ4v) is 2.67. The van der Waals surface area contributed by atoms with Crippen LogP contribution in [0.4, 0.5) is 0 Å². The van der Waals surface area contributed by atoms with E-state index in [-0.39, 0.29) is 0 Å². The molecule has 2 heteroatoms. The van der Waals surface area contributed by atoms with Gasteiger partial charge in [0.2, 0.25) is 0 Å². The molecular weight excluding hydrogens is 258 g/mol. The number of pyridine rings is 1. The van der Waals surface area contributed by atoms with Gasteiger partial charge in [-0.2, -0.15) is 0 Å². The number of benzene rings is 2. The predicted molar refractivity (Wildman–Crippen MR) is 86.3 cm³/mol. The van der Waals surface area contributed by atoms with Gasteiger partial charge in [-0.05, 0) is 35.9 Å². The van der Waals surface area contributed by atoms with Crippen molar-refractivity contribution >= 4 is 10.8 Å². The Morgan fingerprint density at radius 1 is 1.00 bits per heavy atom. The summed E-state index contributed by atoms with van der Waals surface area (Å²) in [5.41, 5.74) is 4.58. The van der Waals surface area contributed by atoms with Gasteiger partial charge < -0.3 is 5.11 Å². The van der Waals surface area contributed by atoms with Crippen LogP contribution >= 0.6 is 0 Å². The molecule has 2 aromatic carbocycles. The number of rotatable bonds is 3. The molecule has 1 heterocycles. The summed E-state index contributed by atoms with van der Waals surface area (Å²) in [5.74, 6) is 0. The van der Waals surface area contributed by atoms with E-state index >= 15 is 0 Å². The van der Waals surface area contributed by atoms with Crippen LogP contribution in [0, 0.1) is 13.8 Å². The average molecular weight is 277 g/mol. The van der Waals surface area contributed by atoms with Gasteiger partial charge in [0.15, 0.2) is 0 Å². The van der Waals surface area contributed by atoms with Gasteiger partial charge in [0.05, 0.1) is 6.10 Å². The number of aliphatic hydroxyl groups excluding tert-OH is 1. The second-order valence-corrected chi connectivity index (χ2v) is 5.59. The normalized spacial score (nSPS) is 12.5. The topological polar surface area (TPSA) is 33.1 Å². The Morgan fingerprint density at radius 2 is 1.81 bits per heavy atom. The van der Waals surface area contributed by atoms with E-state index in [1.165, 1.54) is 11.1 Å². The SMILES string of the molecule is Cc1ccc(CC(O)c2cncc3ccccc23)cc1C. The van der Waals surface area contributed by atoms with Gasteiger partial charge in [0, 0.05) is 29.8 Å². The minimum atomic E-state index is -0.536. The Balaban J connectivity index is 1.93. The van der Waals surface area contributed by atoms with Crippen LogP contribution in [-0.2, 0) is 6.42 Å². The van der Waals surface area contributed by atoms with Crippen LogP contribution in [0.1, 0.15) is 28.4 Å². The Labute approximate surface area is 125 Å². The van der Waals surface area contributed by atoms with Crippen molar-refractivity contribution < 1.29 is 5.11 Å². The van der Waals surface area contributed by atoms with E-state index in [0.29, 0.717) is 6.42 Å². The molecule has 0 saturated carbocycles. The number of nitrogens with zero attached hydrogens (tertiary/aromatic N) is 1. The zero-order valence-electron chi connectivity index (χ0n) is 12.4. The standard InChI is InChI=1S/C19H19NO/c1-13-7-8-15(9-14(13)2)10-19(21)18-12-20-11-16-5-3-4-6-17(16)18/h3-9,11-12,19,21H,10H2,1-2H3. The first-order valence-electron chi connectivity index (χ1n) is 7.22. The quantitative estimate of drug-likeness (QED) is 0.781. The third-order valence-electron chi connectivity index (χ3n) is 4.06. The van der Waals surface area contributed by atoms with Crippen molar-refractivity contribution in [3.05, 3.63) is 77.1 Å². The first-order valence-corrected chi connectivity index (χ1v) is 7.22. The molecular formula is C19H19NO. The maximum atomic E-state index is 10.6. The third-order valence-corrected chi connectivity index (χ3v) is 4.06. The lowest BCUT2D eigenvalue weighted by Gasteiger charge is -2.14. The third kappa shape index (κ3) is 2.81. The monoisotopic (exact) mass is 277 g/mol. The number of fused-ring (bicyclic) bond motifs is 1. The van der Waals surface area contributed by atoms with Crippen molar-refractivity contribution in [2.24, 2.45) is 0 Å². The first kappa shape index (κ1) is 13.8. The molecule has 1 aromatic heterocycles. The number of hydrogen-bond acceptors (Lipinski definition) is 2. The Hall–Kier alpha value is -2.19. The smallest absolute Gasteiger partial charge is 0.0851 e. The van der Waals surface area contributed by atoms with Crippen molar-refractivity contribution in [2.45, 2.75) is 26.4 Å². The van der Waals surface area contributed by atoms with Gasteiger partial charge in [0.1, 0.15) is 0 Å². The highest BCUT2D eigenvalue weighted by Gasteiger charge is 2.12. The minimum Gasteiger partial charge on any atom is -0.388 e. The van der Waals surface area contributed by atoms with E-state index < -0.39 is 6.10 Å². The minimum absolute atomic E-state index is 0.536. The summed E-state index contributed by atoms with van der Waals surface area (Å²) in [6.45, 7) is 4.20. The van der Waals surface area contributed by atoms with Gasteiger partial charge >= 0.3 is 0 Å². The van der Waals surface area contributed by atoms with Gasteiger partial charge in [-0.15, -0.1) is 0 Å². The highest BCUT2D eigenvalue weighted by Crippen LogP contribution is 2.26. The molecule has 3 aromatic rings. The van der Waals surface area contributed by atoms with E-state index in [1.807, 2.05) is 30.5 Å². The molecule has 0 radical (unpaired) electrons. The molecule has 0 fully saturated rings. The Morgan fingerprint density at radius 3 is 2.62 bits per heavy atom. The van der Waals surface area contributed by atoms with Crippen LogP contribution in [0.15, 0.2) is 54.9 Å². The summed E-state index contributed by atoms with van der Waals surface area (Å²) in [7, 11) is 0. The van der Waals surface area contributed by atoms with Crippen LogP contribution in [0.3, 0.4) is 0 Å². The van der Waals surface area contributed by atoms with E-state index in [4.69, 9.17) is 0 Å². The number of hydrogen-bond donors (Lipinski definition) is 1. The molecule has 21 heavy (non-hydrogen) atoms. The summed E-state index contributed by atoms with van der Waals surface area (Å²) in [4.78, 5) is 4.25. The van der Waals surface area contributed by atoms with Crippen molar-refractivity contribution in [3.63, 3.8) is 0 Å². The summed E-state index contributed by atoms with van der Waals surface area (Å²) in [6, 6.07) is 14.4. The Bertz CT molecular complexity index is 774. The number of aliphatic hydroxyl groups is 1. The molecule has 1 atom stereocenters. The molecule has 0 aliphatic heterocycles. The molecule has 0 spiro atoms. The fourth-order valence-electron chi connectivity index (χ4n) is 2.67. The van der Waals surface area contributed by atoms with Crippen LogP contribution < -0.4 is 0 Å². The highest BCUT2D eigenvalue weighted by atomic mass is 16.3. The lowest BCUT2D eigenvalue weighted by atomic mass is 9.96. The second-order valence-electron chi connectivity index (χ2n) is 5.59.